The summed E-state index contributed by atoms with van der Waals surface area (Å²) >= 11 is 0.782. The van der Waals surface area contributed by atoms with Gasteiger partial charge in [0, 0.05) is 4.90 Å². The third-order valence-corrected chi connectivity index (χ3v) is 5.68. The Morgan fingerprint density at radius 1 is 1.05 bits per heavy atom. The first-order valence-electron chi connectivity index (χ1n) is 5.56. The lowest BCUT2D eigenvalue weighted by molar-refractivity contribution is -0.117. The van der Waals surface area contributed by atoms with Crippen LogP contribution in [0.1, 0.15) is 0 Å². The molecule has 0 spiro atoms. The minimum absolute atomic E-state index is 0.441. The molecule has 6 heteroatoms. The van der Waals surface area contributed by atoms with Gasteiger partial charge in [-0.3, -0.25) is 19.1 Å². The molecule has 1 N–H and O–H groups in total. The summed E-state index contributed by atoms with van der Waals surface area (Å²) in [5.74, 6) is -0.485. The third-order valence-electron chi connectivity index (χ3n) is 2.80. The minimum Gasteiger partial charge on any atom is -0.285 e. The molecule has 3 rings (SSSR count). The zero-order chi connectivity index (χ0) is 13.4. The highest BCUT2D eigenvalue weighted by Crippen LogP contribution is 2.28. The van der Waals surface area contributed by atoms with E-state index < -0.39 is 26.5 Å². The Morgan fingerprint density at radius 3 is 2.47 bits per heavy atom. The van der Waals surface area contributed by atoms with Crippen LogP contribution in [0.4, 0.5) is 4.79 Å². The molecular formula is C13H9NO3S2. The number of hydrogen-bond donors (Lipinski definition) is 1. The van der Waals surface area contributed by atoms with Gasteiger partial charge in [-0.2, -0.15) is 0 Å². The van der Waals surface area contributed by atoms with Crippen LogP contribution in [0.5, 0.6) is 0 Å². The largest absolute Gasteiger partial charge is 0.287 e. The summed E-state index contributed by atoms with van der Waals surface area (Å²) in [4.78, 5) is 23.2. The van der Waals surface area contributed by atoms with Crippen molar-refractivity contribution in [2.45, 2.75) is 9.48 Å². The van der Waals surface area contributed by atoms with E-state index in [9.17, 15) is 13.8 Å². The smallest absolute Gasteiger partial charge is 0.285 e. The molecule has 0 aromatic heterocycles. The van der Waals surface area contributed by atoms with Crippen LogP contribution in [0.3, 0.4) is 0 Å². The normalized spacial score (nSPS) is 20.5. The van der Waals surface area contributed by atoms with Gasteiger partial charge in [-0.1, -0.05) is 30.3 Å². The number of thioether (sulfide) groups is 1. The SMILES string of the molecule is O=C1NC(=O)C(S(=O)c2ccc3ccccc3c2)S1. The Morgan fingerprint density at radius 2 is 1.79 bits per heavy atom. The van der Waals surface area contributed by atoms with Crippen LogP contribution in [0.2, 0.25) is 0 Å². The number of carbonyl (C=O) groups is 2. The van der Waals surface area contributed by atoms with E-state index in [0.29, 0.717) is 4.90 Å². The van der Waals surface area contributed by atoms with E-state index >= 15 is 0 Å². The number of carbonyl (C=O) groups excluding carboxylic acids is 2. The standard InChI is InChI=1S/C13H9NO3S2/c15-11-12(18-13(16)14-11)19(17)10-6-5-8-3-1-2-4-9(8)7-10/h1-7,12H,(H,14,15,16). The van der Waals surface area contributed by atoms with Gasteiger partial charge < -0.3 is 0 Å². The Hall–Kier alpha value is -1.66. The van der Waals surface area contributed by atoms with Gasteiger partial charge in [0.1, 0.15) is 0 Å². The summed E-state index contributed by atoms with van der Waals surface area (Å²) in [5, 5.41) is 3.71. The maximum Gasteiger partial charge on any atom is 0.287 e. The van der Waals surface area contributed by atoms with E-state index in [-0.39, 0.29) is 0 Å². The zero-order valence-electron chi connectivity index (χ0n) is 9.66. The van der Waals surface area contributed by atoms with Crippen LogP contribution in [0.15, 0.2) is 47.4 Å². The lowest BCUT2D eigenvalue weighted by atomic mass is 10.1. The monoisotopic (exact) mass is 291 g/mol. The fourth-order valence-electron chi connectivity index (χ4n) is 1.90. The average molecular weight is 291 g/mol. The maximum absolute atomic E-state index is 12.3. The summed E-state index contributed by atoms with van der Waals surface area (Å²) in [6.07, 6.45) is 0. The van der Waals surface area contributed by atoms with Gasteiger partial charge in [0.15, 0.2) is 4.58 Å². The molecule has 0 aliphatic carbocycles. The summed E-state index contributed by atoms with van der Waals surface area (Å²) in [6, 6.07) is 13.1. The van der Waals surface area contributed by atoms with E-state index in [1.165, 1.54) is 0 Å². The first-order valence-corrected chi connectivity index (χ1v) is 7.65. The van der Waals surface area contributed by atoms with Crippen molar-refractivity contribution in [1.29, 1.82) is 0 Å². The summed E-state index contributed by atoms with van der Waals surface area (Å²) in [7, 11) is -1.54. The van der Waals surface area contributed by atoms with Crippen molar-refractivity contribution in [2.75, 3.05) is 0 Å². The number of rotatable bonds is 2. The Bertz CT molecular complexity index is 714. The first kappa shape index (κ1) is 12.4. The van der Waals surface area contributed by atoms with Crippen molar-refractivity contribution in [3.05, 3.63) is 42.5 Å². The van der Waals surface area contributed by atoms with Crippen molar-refractivity contribution in [2.24, 2.45) is 0 Å². The molecule has 2 aromatic carbocycles. The second-order valence-corrected chi connectivity index (χ2v) is 6.95. The van der Waals surface area contributed by atoms with Crippen LogP contribution in [0.25, 0.3) is 10.8 Å². The molecule has 2 atom stereocenters. The molecule has 2 unspecified atom stereocenters. The van der Waals surface area contributed by atoms with Gasteiger partial charge >= 0.3 is 0 Å². The topological polar surface area (TPSA) is 63.2 Å². The molecule has 1 heterocycles. The Labute approximate surface area is 116 Å². The molecule has 96 valence electrons. The van der Waals surface area contributed by atoms with Crippen molar-refractivity contribution in [3.63, 3.8) is 0 Å². The number of nitrogens with one attached hydrogen (secondary N) is 1. The predicted octanol–water partition coefficient (Wildman–Crippen LogP) is 2.26. The molecule has 0 radical (unpaired) electrons. The predicted molar refractivity (Wildman–Crippen MR) is 75.3 cm³/mol. The number of amides is 2. The van der Waals surface area contributed by atoms with Gasteiger partial charge in [-0.05, 0) is 34.7 Å². The fraction of sp³-hybridized carbons (Fsp3) is 0.0769. The zero-order valence-corrected chi connectivity index (χ0v) is 11.3. The van der Waals surface area contributed by atoms with Crippen LogP contribution in [0, 0.1) is 0 Å². The molecule has 2 aromatic rings. The average Bonchev–Trinajstić information content (AvgIpc) is 2.76. The molecular weight excluding hydrogens is 282 g/mol. The quantitative estimate of drug-likeness (QED) is 0.922. The van der Waals surface area contributed by atoms with Crippen LogP contribution in [-0.2, 0) is 15.6 Å². The van der Waals surface area contributed by atoms with Crippen LogP contribution < -0.4 is 5.32 Å². The highest BCUT2D eigenvalue weighted by atomic mass is 32.2. The van der Waals surface area contributed by atoms with Gasteiger partial charge in [0.05, 0.1) is 10.8 Å². The highest BCUT2D eigenvalue weighted by Gasteiger charge is 2.37. The molecule has 1 aliphatic rings. The molecule has 1 fully saturated rings. The van der Waals surface area contributed by atoms with E-state index in [4.69, 9.17) is 0 Å². The molecule has 0 saturated carbocycles. The van der Waals surface area contributed by atoms with Crippen molar-refractivity contribution < 1.29 is 13.8 Å². The number of imide groups is 1. The minimum atomic E-state index is -1.54. The van der Waals surface area contributed by atoms with E-state index in [1.807, 2.05) is 30.3 Å². The maximum atomic E-state index is 12.3. The lowest BCUT2D eigenvalue weighted by Gasteiger charge is -2.06. The molecule has 19 heavy (non-hydrogen) atoms. The lowest BCUT2D eigenvalue weighted by Crippen LogP contribution is -2.26. The molecule has 4 nitrogen and oxygen atoms in total. The van der Waals surface area contributed by atoms with Gasteiger partial charge in [0.25, 0.3) is 11.1 Å². The van der Waals surface area contributed by atoms with E-state index in [0.717, 1.165) is 22.5 Å². The Balaban J connectivity index is 1.98. The van der Waals surface area contributed by atoms with Crippen LogP contribution in [-0.4, -0.2) is 19.9 Å². The van der Waals surface area contributed by atoms with E-state index in [1.54, 1.807) is 12.1 Å². The van der Waals surface area contributed by atoms with Gasteiger partial charge in [-0.25, -0.2) is 0 Å². The summed E-state index contributed by atoms with van der Waals surface area (Å²) in [6.45, 7) is 0. The molecule has 1 saturated heterocycles. The number of benzene rings is 2. The van der Waals surface area contributed by atoms with Gasteiger partial charge in [-0.15, -0.1) is 0 Å². The molecule has 0 bridgehead atoms. The summed E-state index contributed by atoms with van der Waals surface area (Å²) in [5.41, 5.74) is 0. The molecule has 1 aliphatic heterocycles. The summed E-state index contributed by atoms with van der Waals surface area (Å²) < 4.78 is 11.5. The third kappa shape index (κ3) is 2.29. The highest BCUT2D eigenvalue weighted by molar-refractivity contribution is 8.23. The van der Waals surface area contributed by atoms with Gasteiger partial charge in [0.2, 0.25) is 0 Å². The van der Waals surface area contributed by atoms with Crippen LogP contribution >= 0.6 is 11.8 Å². The first-order chi connectivity index (χ1) is 9.15. The molecule has 2 amide bonds. The second kappa shape index (κ2) is 4.79. The van der Waals surface area contributed by atoms with Crippen molar-refractivity contribution in [3.8, 4) is 0 Å². The Kier molecular flexibility index (Phi) is 3.12. The van der Waals surface area contributed by atoms with Crippen molar-refractivity contribution >= 4 is 44.5 Å². The number of fused-ring (bicyclic) bond motifs is 1. The van der Waals surface area contributed by atoms with Crippen molar-refractivity contribution in [1.82, 2.24) is 5.32 Å². The number of hydrogen-bond acceptors (Lipinski definition) is 4. The fourth-order valence-corrected chi connectivity index (χ4v) is 4.31. The second-order valence-electron chi connectivity index (χ2n) is 4.03. The van der Waals surface area contributed by atoms with E-state index in [2.05, 4.69) is 5.32 Å².